The van der Waals surface area contributed by atoms with Crippen molar-refractivity contribution in [3.8, 4) is 0 Å². The third kappa shape index (κ3) is 3.04. The van der Waals surface area contributed by atoms with Crippen molar-refractivity contribution in [3.05, 3.63) is 33.9 Å². The van der Waals surface area contributed by atoms with Gasteiger partial charge in [-0.05, 0) is 56.9 Å². The Morgan fingerprint density at radius 1 is 1.19 bits per heavy atom. The highest BCUT2D eigenvalue weighted by Gasteiger charge is 2.37. The first-order valence-corrected chi connectivity index (χ1v) is 8.10. The fraction of sp³-hybridized carbons (Fsp3) is 0.647. The zero-order chi connectivity index (χ0) is 14.9. The smallest absolute Gasteiger partial charge is 0.274 e. The lowest BCUT2D eigenvalue weighted by Crippen LogP contribution is -2.31. The molecular weight excluding hydrogens is 264 g/mol. The minimum atomic E-state index is -0.297. The highest BCUT2D eigenvalue weighted by molar-refractivity contribution is 5.55. The van der Waals surface area contributed by atoms with Crippen molar-refractivity contribution in [2.45, 2.75) is 64.3 Å². The fourth-order valence-electron chi connectivity index (χ4n) is 4.13. The maximum atomic E-state index is 11.0. The van der Waals surface area contributed by atoms with E-state index in [0.29, 0.717) is 11.5 Å². The first kappa shape index (κ1) is 14.4. The van der Waals surface area contributed by atoms with E-state index in [1.165, 1.54) is 51.4 Å². The molecule has 0 saturated heterocycles. The number of anilines is 1. The molecule has 0 bridgehead atoms. The Bertz CT molecular complexity index is 526. The van der Waals surface area contributed by atoms with Crippen molar-refractivity contribution in [3.63, 3.8) is 0 Å². The predicted octanol–water partition coefficient (Wildman–Crippen LogP) is 4.82. The number of nitrogens with zero attached hydrogens (tertiary/aromatic N) is 1. The second kappa shape index (κ2) is 5.66. The van der Waals surface area contributed by atoms with Crippen LogP contribution in [0.25, 0.3) is 0 Å². The van der Waals surface area contributed by atoms with Gasteiger partial charge in [-0.2, -0.15) is 0 Å². The van der Waals surface area contributed by atoms with Gasteiger partial charge in [0.15, 0.2) is 0 Å². The standard InChI is InChI=1S/C17H24N2O2/c1-13-4-5-15(12-16(13)19(20)21)18-14-6-10-17(11-7-14)8-2-3-9-17/h4-5,12,14,18H,2-3,6-11H2,1H3. The average Bonchev–Trinajstić information content (AvgIpc) is 2.92. The van der Waals surface area contributed by atoms with E-state index in [0.717, 1.165) is 11.3 Å². The summed E-state index contributed by atoms with van der Waals surface area (Å²) < 4.78 is 0. The van der Waals surface area contributed by atoms with E-state index in [9.17, 15) is 10.1 Å². The predicted molar refractivity (Wildman–Crippen MR) is 84.6 cm³/mol. The Kier molecular flexibility index (Phi) is 3.87. The zero-order valence-electron chi connectivity index (χ0n) is 12.7. The van der Waals surface area contributed by atoms with Gasteiger partial charge in [-0.25, -0.2) is 0 Å². The molecule has 0 amide bonds. The summed E-state index contributed by atoms with van der Waals surface area (Å²) in [4.78, 5) is 10.7. The van der Waals surface area contributed by atoms with E-state index in [-0.39, 0.29) is 10.6 Å². The molecule has 114 valence electrons. The lowest BCUT2D eigenvalue weighted by atomic mass is 9.71. The lowest BCUT2D eigenvalue weighted by molar-refractivity contribution is -0.385. The highest BCUT2D eigenvalue weighted by Crippen LogP contribution is 2.49. The molecule has 0 unspecified atom stereocenters. The van der Waals surface area contributed by atoms with E-state index >= 15 is 0 Å². The zero-order valence-corrected chi connectivity index (χ0v) is 12.7. The maximum absolute atomic E-state index is 11.0. The normalized spacial score (nSPS) is 21.6. The topological polar surface area (TPSA) is 55.2 Å². The monoisotopic (exact) mass is 288 g/mol. The Hall–Kier alpha value is -1.58. The van der Waals surface area contributed by atoms with Crippen LogP contribution in [0.5, 0.6) is 0 Å². The molecule has 0 atom stereocenters. The first-order chi connectivity index (χ1) is 10.1. The number of nitro groups is 1. The van der Waals surface area contributed by atoms with Gasteiger partial charge in [-0.1, -0.05) is 18.9 Å². The van der Waals surface area contributed by atoms with Gasteiger partial charge in [0.05, 0.1) is 4.92 Å². The van der Waals surface area contributed by atoms with Crippen LogP contribution in [-0.2, 0) is 0 Å². The van der Waals surface area contributed by atoms with Crippen molar-refractivity contribution in [2.75, 3.05) is 5.32 Å². The van der Waals surface area contributed by atoms with Crippen LogP contribution in [0.4, 0.5) is 11.4 Å². The maximum Gasteiger partial charge on any atom is 0.274 e. The molecule has 2 aliphatic rings. The van der Waals surface area contributed by atoms with Crippen molar-refractivity contribution < 1.29 is 4.92 Å². The van der Waals surface area contributed by atoms with Crippen LogP contribution in [0.1, 0.15) is 56.9 Å². The summed E-state index contributed by atoms with van der Waals surface area (Å²) in [5, 5.41) is 14.5. The molecule has 21 heavy (non-hydrogen) atoms. The van der Waals surface area contributed by atoms with Gasteiger partial charge in [0.2, 0.25) is 0 Å². The quantitative estimate of drug-likeness (QED) is 0.641. The van der Waals surface area contributed by atoms with Gasteiger partial charge in [-0.15, -0.1) is 0 Å². The molecule has 4 nitrogen and oxygen atoms in total. The van der Waals surface area contributed by atoms with Crippen LogP contribution in [0.2, 0.25) is 0 Å². The van der Waals surface area contributed by atoms with Gasteiger partial charge in [0.25, 0.3) is 5.69 Å². The van der Waals surface area contributed by atoms with Crippen LogP contribution < -0.4 is 5.32 Å². The SMILES string of the molecule is Cc1ccc(NC2CCC3(CCCC3)CC2)cc1[N+](=O)[O-]. The molecule has 1 spiro atoms. The number of nitrogens with one attached hydrogen (secondary N) is 1. The van der Waals surface area contributed by atoms with Crippen molar-refractivity contribution in [2.24, 2.45) is 5.41 Å². The van der Waals surface area contributed by atoms with Crippen LogP contribution in [0.3, 0.4) is 0 Å². The minimum Gasteiger partial charge on any atom is -0.382 e. The Labute approximate surface area is 126 Å². The fourth-order valence-corrected chi connectivity index (χ4v) is 4.13. The molecule has 4 heteroatoms. The summed E-state index contributed by atoms with van der Waals surface area (Å²) in [6, 6.07) is 5.94. The molecule has 3 rings (SSSR count). The number of hydrogen-bond donors (Lipinski definition) is 1. The van der Waals surface area contributed by atoms with Crippen molar-refractivity contribution in [1.82, 2.24) is 0 Å². The van der Waals surface area contributed by atoms with Crippen molar-refractivity contribution >= 4 is 11.4 Å². The summed E-state index contributed by atoms with van der Waals surface area (Å²) in [5.41, 5.74) is 2.46. The molecule has 0 radical (unpaired) electrons. The van der Waals surface area contributed by atoms with Gasteiger partial charge < -0.3 is 5.32 Å². The second-order valence-corrected chi connectivity index (χ2v) is 6.88. The van der Waals surface area contributed by atoms with Gasteiger partial charge in [0, 0.05) is 23.4 Å². The second-order valence-electron chi connectivity index (χ2n) is 6.88. The average molecular weight is 288 g/mol. The third-order valence-corrected chi connectivity index (χ3v) is 5.49. The Balaban J connectivity index is 1.63. The third-order valence-electron chi connectivity index (χ3n) is 5.49. The van der Waals surface area contributed by atoms with E-state index < -0.39 is 0 Å². The van der Waals surface area contributed by atoms with E-state index in [1.807, 2.05) is 12.1 Å². The summed E-state index contributed by atoms with van der Waals surface area (Å²) in [6.07, 6.45) is 10.7. The number of hydrogen-bond acceptors (Lipinski definition) is 3. The first-order valence-electron chi connectivity index (χ1n) is 8.10. The van der Waals surface area contributed by atoms with E-state index in [4.69, 9.17) is 0 Å². The summed E-state index contributed by atoms with van der Waals surface area (Å²) >= 11 is 0. The van der Waals surface area contributed by atoms with Gasteiger partial charge >= 0.3 is 0 Å². The number of nitro benzene ring substituents is 1. The molecule has 1 aromatic rings. The molecule has 0 aliphatic heterocycles. The van der Waals surface area contributed by atoms with Crippen LogP contribution in [0.15, 0.2) is 18.2 Å². The molecule has 0 aromatic heterocycles. The lowest BCUT2D eigenvalue weighted by Gasteiger charge is -2.37. The molecule has 2 fully saturated rings. The number of benzene rings is 1. The molecule has 2 aliphatic carbocycles. The summed E-state index contributed by atoms with van der Waals surface area (Å²) in [6.45, 7) is 1.78. The van der Waals surface area contributed by atoms with Crippen LogP contribution in [0, 0.1) is 22.5 Å². The largest absolute Gasteiger partial charge is 0.382 e. The Morgan fingerprint density at radius 2 is 1.86 bits per heavy atom. The molecule has 0 heterocycles. The molecule has 2 saturated carbocycles. The van der Waals surface area contributed by atoms with E-state index in [2.05, 4.69) is 5.32 Å². The molecule has 1 N–H and O–H groups in total. The molecule has 1 aromatic carbocycles. The van der Waals surface area contributed by atoms with Crippen LogP contribution in [-0.4, -0.2) is 11.0 Å². The van der Waals surface area contributed by atoms with Crippen LogP contribution >= 0.6 is 0 Å². The summed E-state index contributed by atoms with van der Waals surface area (Å²) in [5.74, 6) is 0. The number of aryl methyl sites for hydroxylation is 1. The van der Waals surface area contributed by atoms with Gasteiger partial charge in [0.1, 0.15) is 0 Å². The molecular formula is C17H24N2O2. The minimum absolute atomic E-state index is 0.211. The Morgan fingerprint density at radius 3 is 2.48 bits per heavy atom. The van der Waals surface area contributed by atoms with E-state index in [1.54, 1.807) is 13.0 Å². The van der Waals surface area contributed by atoms with Crippen molar-refractivity contribution in [1.29, 1.82) is 0 Å². The number of rotatable bonds is 3. The highest BCUT2D eigenvalue weighted by atomic mass is 16.6. The summed E-state index contributed by atoms with van der Waals surface area (Å²) in [7, 11) is 0. The van der Waals surface area contributed by atoms with Gasteiger partial charge in [-0.3, -0.25) is 10.1 Å².